The van der Waals surface area contributed by atoms with E-state index in [9.17, 15) is 0 Å². The molecule has 0 amide bonds. The molecule has 3 aliphatic rings. The van der Waals surface area contributed by atoms with Crippen LogP contribution in [0.4, 0.5) is 34.1 Å². The van der Waals surface area contributed by atoms with Crippen LogP contribution in [0.5, 0.6) is 0 Å². The highest BCUT2D eigenvalue weighted by Crippen LogP contribution is 2.57. The summed E-state index contributed by atoms with van der Waals surface area (Å²) < 4.78 is 0. The Morgan fingerprint density at radius 2 is 0.642 bits per heavy atom. The van der Waals surface area contributed by atoms with E-state index in [2.05, 4.69) is 258 Å². The summed E-state index contributed by atoms with van der Waals surface area (Å²) in [6.07, 6.45) is 0. The third-order valence-corrected chi connectivity index (χ3v) is 15.8. The van der Waals surface area contributed by atoms with Gasteiger partial charge in [-0.1, -0.05) is 193 Å². The monoisotopic (exact) mass is 860 g/mol. The van der Waals surface area contributed by atoms with Crippen molar-refractivity contribution < 1.29 is 0 Å². The van der Waals surface area contributed by atoms with E-state index < -0.39 is 0 Å². The second-order valence-electron chi connectivity index (χ2n) is 20.5. The molecule has 1 aliphatic carbocycles. The molecule has 0 N–H and O–H groups in total. The average Bonchev–Trinajstić information content (AvgIpc) is 3.58. The number of hydrogen-bond acceptors (Lipinski definition) is 2. The van der Waals surface area contributed by atoms with Crippen LogP contribution in [0.25, 0.3) is 54.9 Å². The molecule has 10 aromatic carbocycles. The predicted molar refractivity (Wildman–Crippen MR) is 284 cm³/mol. The van der Waals surface area contributed by atoms with Crippen LogP contribution in [0.1, 0.15) is 74.9 Å². The molecule has 0 aromatic heterocycles. The predicted octanol–water partition coefficient (Wildman–Crippen LogP) is 17.9. The maximum Gasteiger partial charge on any atom is 0.0502 e. The van der Waals surface area contributed by atoms with Gasteiger partial charge in [0.1, 0.15) is 0 Å². The summed E-state index contributed by atoms with van der Waals surface area (Å²) >= 11 is 0. The van der Waals surface area contributed by atoms with Crippen molar-refractivity contribution in [2.24, 2.45) is 0 Å². The molecule has 0 bridgehead atoms. The van der Waals surface area contributed by atoms with Gasteiger partial charge in [0.25, 0.3) is 0 Å². The number of para-hydroxylation sites is 4. The first-order valence-corrected chi connectivity index (χ1v) is 23.9. The van der Waals surface area contributed by atoms with E-state index in [0.29, 0.717) is 0 Å². The Morgan fingerprint density at radius 1 is 0.269 bits per heavy atom. The zero-order valence-corrected chi connectivity index (χ0v) is 39.0. The van der Waals surface area contributed by atoms with Gasteiger partial charge in [-0.15, -0.1) is 0 Å². The molecule has 0 saturated carbocycles. The molecule has 2 aliphatic heterocycles. The van der Waals surface area contributed by atoms with Crippen LogP contribution in [-0.2, 0) is 16.2 Å². The van der Waals surface area contributed by atoms with Gasteiger partial charge < -0.3 is 9.80 Å². The Kier molecular flexibility index (Phi) is 8.38. The largest absolute Gasteiger partial charge is 0.310 e. The highest BCUT2D eigenvalue weighted by atomic mass is 15.2. The van der Waals surface area contributed by atoms with Crippen molar-refractivity contribution in [1.29, 1.82) is 0 Å². The molecule has 0 spiro atoms. The fourth-order valence-electron chi connectivity index (χ4n) is 12.5. The number of nitrogens with zero attached hydrogens (tertiary/aromatic N) is 2. The van der Waals surface area contributed by atoms with Crippen molar-refractivity contribution in [3.05, 3.63) is 240 Å². The quantitative estimate of drug-likeness (QED) is 0.163. The molecule has 0 radical (unpaired) electrons. The summed E-state index contributed by atoms with van der Waals surface area (Å²) in [5.74, 6) is 0. The van der Waals surface area contributed by atoms with E-state index in [1.807, 2.05) is 0 Å². The van der Waals surface area contributed by atoms with E-state index in [1.54, 1.807) is 0 Å². The standard InChI is InChI=1S/C65H52N2/c1-63(2)51-23-11-10-22-45(51)46-35-32-42(38-56(46)63)62-47-36-33-43(66-57-28-16-12-24-52(57)64(3,4)53-25-13-17-29-58(53)66)39-49(47)61(41-20-8-7-9-21-41)50-40-44(34-37-48(50)62)67-59-30-18-14-26-54(59)65(5,6)55-27-15-19-31-60(55)67/h7-40H,1-6H3. The summed E-state index contributed by atoms with van der Waals surface area (Å²) in [6, 6.07) is 77.8. The average molecular weight is 861 g/mol. The van der Waals surface area contributed by atoms with E-state index in [1.165, 1.54) is 111 Å². The first kappa shape index (κ1) is 39.7. The normalized spacial score (nSPS) is 15.6. The first-order chi connectivity index (χ1) is 32.5. The number of fused-ring (bicyclic) bond motifs is 9. The van der Waals surface area contributed by atoms with Crippen LogP contribution in [-0.4, -0.2) is 0 Å². The summed E-state index contributed by atoms with van der Waals surface area (Å²) in [4.78, 5) is 5.01. The Labute approximate surface area is 394 Å². The molecule has 0 fully saturated rings. The summed E-state index contributed by atoms with van der Waals surface area (Å²) in [7, 11) is 0. The topological polar surface area (TPSA) is 6.48 Å². The molecule has 2 heteroatoms. The zero-order valence-electron chi connectivity index (χ0n) is 39.0. The van der Waals surface area contributed by atoms with E-state index in [-0.39, 0.29) is 16.2 Å². The van der Waals surface area contributed by atoms with E-state index in [0.717, 1.165) is 11.4 Å². The highest BCUT2D eigenvalue weighted by molar-refractivity contribution is 6.23. The minimum atomic E-state index is -0.155. The molecule has 10 aromatic rings. The van der Waals surface area contributed by atoms with Crippen LogP contribution in [0.3, 0.4) is 0 Å². The van der Waals surface area contributed by atoms with Crippen LogP contribution in [0.2, 0.25) is 0 Å². The molecule has 13 rings (SSSR count). The van der Waals surface area contributed by atoms with Gasteiger partial charge in [-0.3, -0.25) is 0 Å². The van der Waals surface area contributed by atoms with Crippen LogP contribution < -0.4 is 9.80 Å². The molecular weight excluding hydrogens is 809 g/mol. The Morgan fingerprint density at radius 3 is 1.12 bits per heavy atom. The molecular formula is C65H52N2. The fourth-order valence-corrected chi connectivity index (χ4v) is 12.5. The summed E-state index contributed by atoms with van der Waals surface area (Å²) in [6.45, 7) is 14.2. The van der Waals surface area contributed by atoms with E-state index in [4.69, 9.17) is 0 Å². The summed E-state index contributed by atoms with van der Waals surface area (Å²) in [5, 5.41) is 4.94. The molecule has 0 unspecified atom stereocenters. The number of benzene rings is 10. The number of rotatable bonds is 4. The number of hydrogen-bond donors (Lipinski definition) is 0. The number of anilines is 6. The van der Waals surface area contributed by atoms with Crippen molar-refractivity contribution in [2.45, 2.75) is 57.8 Å². The van der Waals surface area contributed by atoms with Gasteiger partial charge in [0, 0.05) is 27.6 Å². The lowest BCUT2D eigenvalue weighted by Crippen LogP contribution is -2.30. The summed E-state index contributed by atoms with van der Waals surface area (Å²) in [5.41, 5.74) is 22.4. The van der Waals surface area contributed by atoms with Crippen LogP contribution in [0.15, 0.2) is 206 Å². The zero-order chi connectivity index (χ0) is 45.4. The Hall–Kier alpha value is -7.68. The van der Waals surface area contributed by atoms with Gasteiger partial charge in [0.15, 0.2) is 0 Å². The van der Waals surface area contributed by atoms with E-state index >= 15 is 0 Å². The van der Waals surface area contributed by atoms with Gasteiger partial charge in [0.2, 0.25) is 0 Å². The third-order valence-electron chi connectivity index (χ3n) is 15.8. The van der Waals surface area contributed by atoms with Crippen molar-refractivity contribution >= 4 is 55.7 Å². The highest BCUT2D eigenvalue weighted by Gasteiger charge is 2.39. The van der Waals surface area contributed by atoms with Gasteiger partial charge >= 0.3 is 0 Å². The van der Waals surface area contributed by atoms with Gasteiger partial charge in [-0.2, -0.15) is 0 Å². The lowest BCUT2D eigenvalue weighted by atomic mass is 9.73. The van der Waals surface area contributed by atoms with Gasteiger partial charge in [-0.05, 0) is 143 Å². The molecule has 2 heterocycles. The van der Waals surface area contributed by atoms with Gasteiger partial charge in [-0.25, -0.2) is 0 Å². The molecule has 0 atom stereocenters. The second kappa shape index (κ2) is 14.2. The third kappa shape index (κ3) is 5.57. The van der Waals surface area contributed by atoms with Crippen molar-refractivity contribution in [3.8, 4) is 33.4 Å². The Bertz CT molecular complexity index is 3420. The maximum atomic E-state index is 2.51. The van der Waals surface area contributed by atoms with Crippen molar-refractivity contribution in [1.82, 2.24) is 0 Å². The smallest absolute Gasteiger partial charge is 0.0502 e. The van der Waals surface area contributed by atoms with Crippen LogP contribution >= 0.6 is 0 Å². The van der Waals surface area contributed by atoms with Crippen LogP contribution in [0, 0.1) is 0 Å². The molecule has 322 valence electrons. The van der Waals surface area contributed by atoms with Crippen molar-refractivity contribution in [2.75, 3.05) is 9.80 Å². The molecule has 67 heavy (non-hydrogen) atoms. The molecule has 0 saturated heterocycles. The Balaban J connectivity index is 1.14. The first-order valence-electron chi connectivity index (χ1n) is 23.9. The fraction of sp³-hybridized carbons (Fsp3) is 0.138. The second-order valence-corrected chi connectivity index (χ2v) is 20.5. The lowest BCUT2D eigenvalue weighted by molar-refractivity contribution is 0.632. The SMILES string of the molecule is CC1(C)c2ccccc2-c2ccc(-c3c4ccc(N5c6ccccc6C(C)(C)c6ccccc65)cc4c(-c4ccccc4)c4cc(N5c6ccccc6C(C)(C)c6ccccc65)ccc34)cc21. The van der Waals surface area contributed by atoms with Crippen molar-refractivity contribution in [3.63, 3.8) is 0 Å². The maximum absolute atomic E-state index is 2.51. The minimum absolute atomic E-state index is 0.135. The van der Waals surface area contributed by atoms with Gasteiger partial charge in [0.05, 0.1) is 22.7 Å². The lowest BCUT2D eigenvalue weighted by Gasteiger charge is -2.42. The molecule has 2 nitrogen and oxygen atoms in total. The minimum Gasteiger partial charge on any atom is -0.310 e.